The van der Waals surface area contributed by atoms with Gasteiger partial charge in [-0.15, -0.1) is 0 Å². The molecular formula is C9H18N2. The molecule has 0 aromatic heterocycles. The summed E-state index contributed by atoms with van der Waals surface area (Å²) in [6.07, 6.45) is 5.97. The second-order valence-corrected chi connectivity index (χ2v) is 1.86. The molecule has 0 bridgehead atoms. The number of allylic oxidation sites excluding steroid dienone is 1. The SMILES string of the molecule is C=CC=NC=NCC.CCC. The van der Waals surface area contributed by atoms with E-state index in [4.69, 9.17) is 0 Å². The lowest BCUT2D eigenvalue weighted by Crippen LogP contribution is -1.69. The van der Waals surface area contributed by atoms with Crippen LogP contribution in [-0.2, 0) is 0 Å². The fraction of sp³-hybridized carbons (Fsp3) is 0.556. The summed E-state index contributed by atoms with van der Waals surface area (Å²) in [6, 6.07) is 0. The van der Waals surface area contributed by atoms with Gasteiger partial charge < -0.3 is 0 Å². The molecule has 0 atom stereocenters. The highest BCUT2D eigenvalue weighted by molar-refractivity contribution is 5.79. The zero-order valence-corrected chi connectivity index (χ0v) is 7.75. The van der Waals surface area contributed by atoms with Crippen LogP contribution in [0, 0.1) is 0 Å². The lowest BCUT2D eigenvalue weighted by atomic mass is 10.6. The molecular weight excluding hydrogens is 136 g/mol. The maximum Gasteiger partial charge on any atom is 0.109 e. The monoisotopic (exact) mass is 154 g/mol. The van der Waals surface area contributed by atoms with Crippen LogP contribution in [0.15, 0.2) is 22.6 Å². The van der Waals surface area contributed by atoms with Crippen molar-refractivity contribution in [2.24, 2.45) is 9.98 Å². The van der Waals surface area contributed by atoms with Crippen molar-refractivity contribution in [3.05, 3.63) is 12.7 Å². The van der Waals surface area contributed by atoms with Gasteiger partial charge in [-0.2, -0.15) is 0 Å². The second-order valence-electron chi connectivity index (χ2n) is 1.86. The van der Waals surface area contributed by atoms with Gasteiger partial charge in [0.1, 0.15) is 6.34 Å². The molecule has 0 saturated carbocycles. The van der Waals surface area contributed by atoms with Gasteiger partial charge in [-0.1, -0.05) is 32.9 Å². The Kier molecular flexibility index (Phi) is 18.6. The molecule has 2 heteroatoms. The first-order valence-electron chi connectivity index (χ1n) is 3.95. The highest BCUT2D eigenvalue weighted by atomic mass is 14.8. The average Bonchev–Trinajstić information content (AvgIpc) is 2.00. The fourth-order valence-electron chi connectivity index (χ4n) is 0.228. The minimum absolute atomic E-state index is 0.786. The molecule has 0 unspecified atom stereocenters. The molecule has 0 spiro atoms. The first-order chi connectivity index (χ1) is 5.33. The van der Waals surface area contributed by atoms with Crippen molar-refractivity contribution in [1.29, 1.82) is 0 Å². The molecule has 0 aliphatic carbocycles. The minimum atomic E-state index is 0.786. The van der Waals surface area contributed by atoms with Gasteiger partial charge >= 0.3 is 0 Å². The van der Waals surface area contributed by atoms with Crippen LogP contribution >= 0.6 is 0 Å². The first kappa shape index (κ1) is 12.7. The summed E-state index contributed by atoms with van der Waals surface area (Å²) in [5, 5.41) is 0. The largest absolute Gasteiger partial charge is 0.274 e. The van der Waals surface area contributed by atoms with E-state index in [-0.39, 0.29) is 0 Å². The summed E-state index contributed by atoms with van der Waals surface area (Å²) in [4.78, 5) is 7.58. The third-order valence-electron chi connectivity index (χ3n) is 0.522. The maximum atomic E-state index is 3.84. The predicted molar refractivity (Wildman–Crippen MR) is 53.7 cm³/mol. The van der Waals surface area contributed by atoms with Crippen molar-refractivity contribution in [3.63, 3.8) is 0 Å². The molecule has 64 valence electrons. The summed E-state index contributed by atoms with van der Waals surface area (Å²) in [6.45, 7) is 10.4. The van der Waals surface area contributed by atoms with E-state index in [0.717, 1.165) is 6.54 Å². The molecule has 0 aromatic rings. The van der Waals surface area contributed by atoms with E-state index in [1.54, 1.807) is 12.3 Å². The zero-order chi connectivity index (χ0) is 8.95. The Morgan fingerprint density at radius 3 is 2.18 bits per heavy atom. The number of rotatable bonds is 3. The summed E-state index contributed by atoms with van der Waals surface area (Å²) in [5.74, 6) is 0. The maximum absolute atomic E-state index is 3.84. The Morgan fingerprint density at radius 2 is 1.82 bits per heavy atom. The van der Waals surface area contributed by atoms with Crippen molar-refractivity contribution in [1.82, 2.24) is 0 Å². The van der Waals surface area contributed by atoms with E-state index >= 15 is 0 Å². The number of nitrogens with zero attached hydrogens (tertiary/aromatic N) is 2. The summed E-state index contributed by atoms with van der Waals surface area (Å²) in [5.41, 5.74) is 0. The van der Waals surface area contributed by atoms with Gasteiger partial charge in [0.2, 0.25) is 0 Å². The Hall–Kier alpha value is -0.920. The van der Waals surface area contributed by atoms with Crippen molar-refractivity contribution in [2.45, 2.75) is 27.2 Å². The number of hydrogen-bond donors (Lipinski definition) is 0. The molecule has 0 rings (SSSR count). The second kappa shape index (κ2) is 16.0. The molecule has 0 N–H and O–H groups in total. The zero-order valence-electron chi connectivity index (χ0n) is 7.75. The van der Waals surface area contributed by atoms with Crippen LogP contribution in [0.2, 0.25) is 0 Å². The van der Waals surface area contributed by atoms with Crippen molar-refractivity contribution in [2.75, 3.05) is 6.54 Å². The third kappa shape index (κ3) is 27.3. The molecule has 0 amide bonds. The third-order valence-corrected chi connectivity index (χ3v) is 0.522. The summed E-state index contributed by atoms with van der Waals surface area (Å²) in [7, 11) is 0. The quantitative estimate of drug-likeness (QED) is 0.441. The van der Waals surface area contributed by atoms with Crippen LogP contribution in [0.4, 0.5) is 0 Å². The Labute approximate surface area is 69.8 Å². The molecule has 11 heavy (non-hydrogen) atoms. The van der Waals surface area contributed by atoms with E-state index in [1.165, 1.54) is 12.8 Å². The number of hydrogen-bond acceptors (Lipinski definition) is 1. The standard InChI is InChI=1S/C6H10N2.C3H8/c1-3-5-8-6-7-4-2;1-3-2/h3,5-6H,1,4H2,2H3;3H2,1-2H3. The fourth-order valence-corrected chi connectivity index (χ4v) is 0.228. The van der Waals surface area contributed by atoms with E-state index < -0.39 is 0 Å². The predicted octanol–water partition coefficient (Wildman–Crippen LogP) is 2.71. The van der Waals surface area contributed by atoms with Crippen molar-refractivity contribution < 1.29 is 0 Å². The summed E-state index contributed by atoms with van der Waals surface area (Å²) < 4.78 is 0. The van der Waals surface area contributed by atoms with E-state index in [2.05, 4.69) is 30.4 Å². The van der Waals surface area contributed by atoms with Gasteiger partial charge in [0.15, 0.2) is 0 Å². The average molecular weight is 154 g/mol. The molecule has 0 fully saturated rings. The summed E-state index contributed by atoms with van der Waals surface area (Å²) >= 11 is 0. The lowest BCUT2D eigenvalue weighted by molar-refractivity contribution is 1.09. The molecule has 0 aliphatic rings. The van der Waals surface area contributed by atoms with Gasteiger partial charge in [-0.25, -0.2) is 4.99 Å². The van der Waals surface area contributed by atoms with Crippen molar-refractivity contribution >= 4 is 12.6 Å². The van der Waals surface area contributed by atoms with Crippen LogP contribution in [0.3, 0.4) is 0 Å². The molecule has 0 aliphatic heterocycles. The van der Waals surface area contributed by atoms with E-state index in [0.29, 0.717) is 0 Å². The van der Waals surface area contributed by atoms with Gasteiger partial charge in [-0.05, 0) is 6.92 Å². The van der Waals surface area contributed by atoms with E-state index in [9.17, 15) is 0 Å². The van der Waals surface area contributed by atoms with Gasteiger partial charge in [0, 0.05) is 12.8 Å². The van der Waals surface area contributed by atoms with Crippen LogP contribution in [0.1, 0.15) is 27.2 Å². The lowest BCUT2D eigenvalue weighted by Gasteiger charge is -1.73. The normalized spacial score (nSPS) is 9.73. The Bertz CT molecular complexity index is 115. The van der Waals surface area contributed by atoms with E-state index in [1.807, 2.05) is 6.92 Å². The Balaban J connectivity index is 0. The topological polar surface area (TPSA) is 24.7 Å². The smallest absolute Gasteiger partial charge is 0.109 e. The highest BCUT2D eigenvalue weighted by Gasteiger charge is 1.59. The molecule has 0 radical (unpaired) electrons. The van der Waals surface area contributed by atoms with Crippen LogP contribution in [-0.4, -0.2) is 19.1 Å². The van der Waals surface area contributed by atoms with Gasteiger partial charge in [0.25, 0.3) is 0 Å². The molecule has 2 nitrogen and oxygen atoms in total. The Morgan fingerprint density at radius 1 is 1.27 bits per heavy atom. The van der Waals surface area contributed by atoms with Crippen LogP contribution < -0.4 is 0 Å². The van der Waals surface area contributed by atoms with Gasteiger partial charge in [0.05, 0.1) is 0 Å². The molecule has 0 aromatic carbocycles. The van der Waals surface area contributed by atoms with Crippen LogP contribution in [0.5, 0.6) is 0 Å². The highest BCUT2D eigenvalue weighted by Crippen LogP contribution is 1.63. The van der Waals surface area contributed by atoms with Crippen LogP contribution in [0.25, 0.3) is 0 Å². The van der Waals surface area contributed by atoms with Gasteiger partial charge in [-0.3, -0.25) is 4.99 Å². The first-order valence-corrected chi connectivity index (χ1v) is 3.95. The minimum Gasteiger partial charge on any atom is -0.274 e. The molecule has 0 heterocycles. The van der Waals surface area contributed by atoms with Crippen molar-refractivity contribution in [3.8, 4) is 0 Å². The molecule has 0 saturated heterocycles. The number of aliphatic imine (C=N–C) groups is 2.